The number of nitrogens with zero attached hydrogens (tertiary/aromatic N) is 5. The molecule has 1 aromatic carbocycles. The first-order valence-corrected chi connectivity index (χ1v) is 7.83. The van der Waals surface area contributed by atoms with Gasteiger partial charge in [0, 0.05) is 31.6 Å². The van der Waals surface area contributed by atoms with E-state index in [1.807, 2.05) is 11.8 Å². The SMILES string of the molecule is C=N/C(=N\C=C/C)c1nccc(N2CCc3c(F)cc(F)cc3C2)n1. The summed E-state index contributed by atoms with van der Waals surface area (Å²) in [6, 6.07) is 4.05. The van der Waals surface area contributed by atoms with Crippen LogP contribution in [-0.2, 0) is 13.0 Å². The number of rotatable bonds is 3. The van der Waals surface area contributed by atoms with Gasteiger partial charge in [-0.3, -0.25) is 0 Å². The van der Waals surface area contributed by atoms with Gasteiger partial charge in [-0.2, -0.15) is 0 Å². The first-order valence-electron chi connectivity index (χ1n) is 7.83. The van der Waals surface area contributed by atoms with E-state index in [1.165, 1.54) is 6.07 Å². The molecular weight excluding hydrogens is 324 g/mol. The maximum atomic E-state index is 13.9. The summed E-state index contributed by atoms with van der Waals surface area (Å²) in [7, 11) is 0. The van der Waals surface area contributed by atoms with Gasteiger partial charge in [-0.15, -0.1) is 0 Å². The lowest BCUT2D eigenvalue weighted by molar-refractivity contribution is 0.555. The van der Waals surface area contributed by atoms with E-state index in [9.17, 15) is 8.78 Å². The number of aromatic nitrogens is 2. The highest BCUT2D eigenvalue weighted by molar-refractivity contribution is 5.98. The third kappa shape index (κ3) is 3.60. The summed E-state index contributed by atoms with van der Waals surface area (Å²) < 4.78 is 27.4. The summed E-state index contributed by atoms with van der Waals surface area (Å²) in [6.07, 6.45) is 5.44. The Bertz CT molecular complexity index is 861. The van der Waals surface area contributed by atoms with E-state index in [2.05, 4.69) is 26.7 Å². The summed E-state index contributed by atoms with van der Waals surface area (Å²) in [6.45, 7) is 6.28. The van der Waals surface area contributed by atoms with E-state index < -0.39 is 11.6 Å². The van der Waals surface area contributed by atoms with Crippen LogP contribution in [-0.4, -0.2) is 29.1 Å². The monoisotopic (exact) mass is 341 g/mol. The third-order valence-electron chi connectivity index (χ3n) is 3.91. The van der Waals surface area contributed by atoms with Crippen LogP contribution in [0.3, 0.4) is 0 Å². The lowest BCUT2D eigenvalue weighted by atomic mass is 9.99. The highest BCUT2D eigenvalue weighted by Crippen LogP contribution is 2.26. The zero-order chi connectivity index (χ0) is 17.8. The number of amidine groups is 1. The standard InChI is InChI=1S/C18H17F2N5/c1-3-6-22-17(21-2)18-23-7-4-16(24-18)25-8-5-14-12(11-25)9-13(19)10-15(14)20/h3-4,6-7,9-10H,2,5,8,11H2,1H3/b6-3-,22-17-. The molecule has 2 aromatic rings. The van der Waals surface area contributed by atoms with Crippen LogP contribution in [0.25, 0.3) is 0 Å². The lowest BCUT2D eigenvalue weighted by Crippen LogP contribution is -2.32. The average Bonchev–Trinajstić information content (AvgIpc) is 2.62. The molecule has 0 amide bonds. The predicted molar refractivity (Wildman–Crippen MR) is 94.0 cm³/mol. The van der Waals surface area contributed by atoms with Gasteiger partial charge < -0.3 is 4.90 Å². The van der Waals surface area contributed by atoms with Gasteiger partial charge in [-0.05, 0) is 43.3 Å². The fraction of sp³-hybridized carbons (Fsp3) is 0.222. The minimum atomic E-state index is -0.571. The molecule has 1 aliphatic rings. The van der Waals surface area contributed by atoms with Crippen LogP contribution in [0.1, 0.15) is 23.9 Å². The Morgan fingerprint density at radius 2 is 2.20 bits per heavy atom. The van der Waals surface area contributed by atoms with E-state index in [1.54, 1.807) is 24.5 Å². The van der Waals surface area contributed by atoms with Crippen molar-refractivity contribution in [2.75, 3.05) is 11.4 Å². The molecule has 1 aromatic heterocycles. The van der Waals surface area contributed by atoms with Gasteiger partial charge in [0.05, 0.1) is 0 Å². The maximum Gasteiger partial charge on any atom is 0.199 e. The van der Waals surface area contributed by atoms with Crippen LogP contribution in [0.2, 0.25) is 0 Å². The van der Waals surface area contributed by atoms with Gasteiger partial charge in [0.15, 0.2) is 11.7 Å². The van der Waals surface area contributed by atoms with Gasteiger partial charge in [-0.1, -0.05) is 6.08 Å². The second-order valence-corrected chi connectivity index (χ2v) is 5.53. The van der Waals surface area contributed by atoms with Crippen molar-refractivity contribution < 1.29 is 8.78 Å². The number of halogens is 2. The number of hydrogen-bond acceptors (Lipinski definition) is 4. The van der Waals surface area contributed by atoms with Crippen LogP contribution in [0.5, 0.6) is 0 Å². The number of hydrogen-bond donors (Lipinski definition) is 0. The molecule has 0 saturated heterocycles. The zero-order valence-electron chi connectivity index (χ0n) is 13.8. The average molecular weight is 341 g/mol. The summed E-state index contributed by atoms with van der Waals surface area (Å²) in [5, 5.41) is 0. The lowest BCUT2D eigenvalue weighted by Gasteiger charge is -2.30. The van der Waals surface area contributed by atoms with Crippen molar-refractivity contribution in [2.24, 2.45) is 9.98 Å². The molecule has 2 heterocycles. The first kappa shape index (κ1) is 16.9. The smallest absolute Gasteiger partial charge is 0.199 e. The normalized spacial score (nSPS) is 14.7. The van der Waals surface area contributed by atoms with Crippen LogP contribution in [0.15, 0.2) is 46.7 Å². The van der Waals surface area contributed by atoms with E-state index in [0.717, 1.165) is 6.07 Å². The van der Waals surface area contributed by atoms with Crippen molar-refractivity contribution in [3.05, 3.63) is 65.3 Å². The summed E-state index contributed by atoms with van der Waals surface area (Å²) >= 11 is 0. The fourth-order valence-electron chi connectivity index (χ4n) is 2.75. The minimum Gasteiger partial charge on any atom is -0.352 e. The molecule has 0 saturated carbocycles. The molecule has 1 aliphatic heterocycles. The van der Waals surface area contributed by atoms with Gasteiger partial charge >= 0.3 is 0 Å². The van der Waals surface area contributed by atoms with Crippen LogP contribution < -0.4 is 4.90 Å². The Hall–Kier alpha value is -2.96. The van der Waals surface area contributed by atoms with Gasteiger partial charge in [0.1, 0.15) is 17.5 Å². The Morgan fingerprint density at radius 3 is 2.96 bits per heavy atom. The van der Waals surface area contributed by atoms with Crippen LogP contribution >= 0.6 is 0 Å². The van der Waals surface area contributed by atoms with Crippen LogP contribution in [0, 0.1) is 11.6 Å². The molecule has 0 aliphatic carbocycles. The molecule has 3 rings (SSSR count). The van der Waals surface area contributed by atoms with Crippen LogP contribution in [0.4, 0.5) is 14.6 Å². The molecular formula is C18H17F2N5. The van der Waals surface area contributed by atoms with E-state index in [-0.39, 0.29) is 0 Å². The van der Waals surface area contributed by atoms with Crippen molar-refractivity contribution in [3.8, 4) is 0 Å². The summed E-state index contributed by atoms with van der Waals surface area (Å²) in [4.78, 5) is 18.6. The molecule has 7 heteroatoms. The molecule has 5 nitrogen and oxygen atoms in total. The van der Waals surface area contributed by atoms with Crippen molar-refractivity contribution in [1.29, 1.82) is 0 Å². The molecule has 0 spiro atoms. The zero-order valence-corrected chi connectivity index (χ0v) is 13.8. The highest BCUT2D eigenvalue weighted by atomic mass is 19.1. The van der Waals surface area contributed by atoms with Gasteiger partial charge in [0.2, 0.25) is 0 Å². The molecule has 0 bridgehead atoms. The Labute approximate surface area is 144 Å². The Balaban J connectivity index is 1.90. The molecule has 25 heavy (non-hydrogen) atoms. The fourth-order valence-corrected chi connectivity index (χ4v) is 2.75. The Kier molecular flexibility index (Phi) is 4.92. The van der Waals surface area contributed by atoms with Gasteiger partial charge in [0.25, 0.3) is 0 Å². The predicted octanol–water partition coefficient (Wildman–Crippen LogP) is 3.30. The highest BCUT2D eigenvalue weighted by Gasteiger charge is 2.22. The van der Waals surface area contributed by atoms with Crippen molar-refractivity contribution in [3.63, 3.8) is 0 Å². The Morgan fingerprint density at radius 1 is 1.36 bits per heavy atom. The molecule has 0 atom stereocenters. The third-order valence-corrected chi connectivity index (χ3v) is 3.91. The second-order valence-electron chi connectivity index (χ2n) is 5.53. The number of anilines is 1. The number of aliphatic imine (C=N–C) groups is 2. The molecule has 0 radical (unpaired) electrons. The molecule has 0 fully saturated rings. The molecule has 128 valence electrons. The van der Waals surface area contributed by atoms with Crippen molar-refractivity contribution in [2.45, 2.75) is 19.9 Å². The largest absolute Gasteiger partial charge is 0.352 e. The topological polar surface area (TPSA) is 53.7 Å². The van der Waals surface area contributed by atoms with E-state index in [0.29, 0.717) is 48.1 Å². The number of fused-ring (bicyclic) bond motifs is 1. The van der Waals surface area contributed by atoms with Crippen molar-refractivity contribution >= 4 is 18.4 Å². The first-order chi connectivity index (χ1) is 12.1. The van der Waals surface area contributed by atoms with Crippen molar-refractivity contribution in [1.82, 2.24) is 9.97 Å². The second kappa shape index (κ2) is 7.29. The van der Waals surface area contributed by atoms with E-state index in [4.69, 9.17) is 0 Å². The van der Waals surface area contributed by atoms with E-state index >= 15 is 0 Å². The maximum absolute atomic E-state index is 13.9. The minimum absolute atomic E-state index is 0.314. The number of benzene rings is 1. The molecule has 0 unspecified atom stereocenters. The summed E-state index contributed by atoms with van der Waals surface area (Å²) in [5.74, 6) is 0.251. The number of allylic oxidation sites excluding steroid dienone is 1. The van der Waals surface area contributed by atoms with Gasteiger partial charge in [-0.25, -0.2) is 28.7 Å². The summed E-state index contributed by atoms with van der Waals surface area (Å²) in [5.41, 5.74) is 1.20. The quantitative estimate of drug-likeness (QED) is 0.636. The molecule has 0 N–H and O–H groups in total.